The zero-order chi connectivity index (χ0) is 14.4. The molecule has 0 spiro atoms. The monoisotopic (exact) mass is 309 g/mol. The molecule has 5 heteroatoms. The van der Waals surface area contributed by atoms with Crippen LogP contribution in [0.3, 0.4) is 0 Å². The molecule has 0 saturated heterocycles. The molecule has 1 unspecified atom stereocenters. The van der Waals surface area contributed by atoms with Crippen LogP contribution >= 0.6 is 22.9 Å². The summed E-state index contributed by atoms with van der Waals surface area (Å²) in [4.78, 5) is 6.60. The highest BCUT2D eigenvalue weighted by Crippen LogP contribution is 2.24. The summed E-state index contributed by atoms with van der Waals surface area (Å²) >= 11 is 7.91. The van der Waals surface area contributed by atoms with Crippen molar-refractivity contribution < 1.29 is 0 Å². The fourth-order valence-corrected chi connectivity index (χ4v) is 3.05. The molecule has 3 nitrogen and oxygen atoms in total. The van der Waals surface area contributed by atoms with Gasteiger partial charge >= 0.3 is 0 Å². The molecule has 0 bridgehead atoms. The highest BCUT2D eigenvalue weighted by Gasteiger charge is 2.13. The van der Waals surface area contributed by atoms with Gasteiger partial charge in [-0.3, -0.25) is 0 Å². The minimum Gasteiger partial charge on any atom is -0.313 e. The van der Waals surface area contributed by atoms with Gasteiger partial charge in [-0.05, 0) is 32.1 Å². The second-order valence-electron chi connectivity index (χ2n) is 4.87. The van der Waals surface area contributed by atoms with E-state index < -0.39 is 0 Å². The van der Waals surface area contributed by atoms with Gasteiger partial charge in [0.15, 0.2) is 0 Å². The van der Waals surface area contributed by atoms with Crippen LogP contribution in [0.2, 0.25) is 5.02 Å². The van der Waals surface area contributed by atoms with Gasteiger partial charge < -0.3 is 10.2 Å². The fourth-order valence-electron chi connectivity index (χ4n) is 2.23. The number of thiazole rings is 1. The molecule has 2 aromatic rings. The Morgan fingerprint density at radius 3 is 2.85 bits per heavy atom. The van der Waals surface area contributed by atoms with Crippen molar-refractivity contribution in [2.75, 3.05) is 20.6 Å². The molecule has 1 atom stereocenters. The van der Waals surface area contributed by atoms with E-state index in [-0.39, 0.29) is 6.04 Å². The van der Waals surface area contributed by atoms with Gasteiger partial charge in [0.1, 0.15) is 0 Å². The molecule has 20 heavy (non-hydrogen) atoms. The molecule has 0 amide bonds. The molecular formula is C15H20ClN3S. The minimum atomic E-state index is 0.279. The van der Waals surface area contributed by atoms with Gasteiger partial charge in [0.05, 0.1) is 11.2 Å². The Balaban J connectivity index is 1.89. The van der Waals surface area contributed by atoms with Crippen molar-refractivity contribution in [2.45, 2.75) is 19.0 Å². The molecule has 0 aliphatic heterocycles. The zero-order valence-corrected chi connectivity index (χ0v) is 13.4. The highest BCUT2D eigenvalue weighted by molar-refractivity contribution is 7.07. The van der Waals surface area contributed by atoms with Crippen molar-refractivity contribution in [1.29, 1.82) is 0 Å². The Labute approximate surface area is 129 Å². The van der Waals surface area contributed by atoms with E-state index in [9.17, 15) is 0 Å². The minimum absolute atomic E-state index is 0.279. The first-order valence-corrected chi connectivity index (χ1v) is 8.00. The lowest BCUT2D eigenvalue weighted by Gasteiger charge is -2.22. The van der Waals surface area contributed by atoms with Gasteiger partial charge in [-0.25, -0.2) is 4.98 Å². The summed E-state index contributed by atoms with van der Waals surface area (Å²) in [5.41, 5.74) is 4.18. The number of halogens is 1. The Hall–Kier alpha value is -0.940. The molecule has 0 aliphatic rings. The summed E-state index contributed by atoms with van der Waals surface area (Å²) in [7, 11) is 4.10. The molecule has 108 valence electrons. The first kappa shape index (κ1) is 15.4. The summed E-state index contributed by atoms with van der Waals surface area (Å²) in [6.45, 7) is 1.89. The molecule has 0 saturated carbocycles. The van der Waals surface area contributed by atoms with Gasteiger partial charge in [0, 0.05) is 29.5 Å². The van der Waals surface area contributed by atoms with Crippen molar-refractivity contribution in [1.82, 2.24) is 15.2 Å². The molecule has 0 fully saturated rings. The smallest absolute Gasteiger partial charge is 0.0795 e. The number of nitrogens with one attached hydrogen (secondary N) is 1. The normalized spacial score (nSPS) is 12.8. The maximum atomic E-state index is 6.27. The summed E-state index contributed by atoms with van der Waals surface area (Å²) in [6, 6.07) is 8.31. The topological polar surface area (TPSA) is 28.2 Å². The summed E-state index contributed by atoms with van der Waals surface area (Å²) in [6.07, 6.45) is 1.01. The predicted molar refractivity (Wildman–Crippen MR) is 86.3 cm³/mol. The first-order valence-electron chi connectivity index (χ1n) is 6.68. The molecule has 2 rings (SSSR count). The fraction of sp³-hybridized carbons (Fsp3) is 0.400. The summed E-state index contributed by atoms with van der Waals surface area (Å²) in [5, 5.41) is 6.27. The van der Waals surface area contributed by atoms with Gasteiger partial charge in [0.25, 0.3) is 0 Å². The lowest BCUT2D eigenvalue weighted by molar-refractivity contribution is 0.301. The van der Waals surface area contributed by atoms with E-state index in [4.69, 9.17) is 11.6 Å². The van der Waals surface area contributed by atoms with Crippen LogP contribution in [0.1, 0.15) is 23.7 Å². The Morgan fingerprint density at radius 1 is 1.40 bits per heavy atom. The SMILES string of the molecule is CNC(CCN(C)Cc1cscn1)c1ccccc1Cl. The van der Waals surface area contributed by atoms with E-state index in [1.54, 1.807) is 11.3 Å². The largest absolute Gasteiger partial charge is 0.313 e. The van der Waals surface area contributed by atoms with Crippen molar-refractivity contribution in [3.05, 3.63) is 51.4 Å². The molecule has 0 aliphatic carbocycles. The van der Waals surface area contributed by atoms with E-state index in [1.807, 2.05) is 30.8 Å². The van der Waals surface area contributed by atoms with Crippen LogP contribution in [-0.4, -0.2) is 30.5 Å². The van der Waals surface area contributed by atoms with Gasteiger partial charge in [-0.15, -0.1) is 11.3 Å². The van der Waals surface area contributed by atoms with Gasteiger partial charge in [-0.2, -0.15) is 0 Å². The zero-order valence-electron chi connectivity index (χ0n) is 11.8. The molecule has 0 radical (unpaired) electrons. The number of nitrogens with zero attached hydrogens (tertiary/aromatic N) is 2. The quantitative estimate of drug-likeness (QED) is 0.847. The van der Waals surface area contributed by atoms with Gasteiger partial charge in [-0.1, -0.05) is 29.8 Å². The lowest BCUT2D eigenvalue weighted by Crippen LogP contribution is -2.25. The Morgan fingerprint density at radius 2 is 2.20 bits per heavy atom. The van der Waals surface area contributed by atoms with Crippen LogP contribution in [0.4, 0.5) is 0 Å². The van der Waals surface area contributed by atoms with Crippen LogP contribution in [0.15, 0.2) is 35.2 Å². The van der Waals surface area contributed by atoms with Crippen LogP contribution in [0, 0.1) is 0 Å². The van der Waals surface area contributed by atoms with Crippen LogP contribution in [0.5, 0.6) is 0 Å². The third-order valence-corrected chi connectivity index (χ3v) is 4.32. The number of rotatable bonds is 7. The van der Waals surface area contributed by atoms with E-state index in [2.05, 4.69) is 33.7 Å². The average molecular weight is 310 g/mol. The first-order chi connectivity index (χ1) is 9.70. The number of benzene rings is 1. The number of hydrogen-bond acceptors (Lipinski definition) is 4. The maximum Gasteiger partial charge on any atom is 0.0795 e. The molecule has 1 N–H and O–H groups in total. The van der Waals surface area contributed by atoms with E-state index >= 15 is 0 Å². The number of aromatic nitrogens is 1. The summed E-state index contributed by atoms with van der Waals surface area (Å²) < 4.78 is 0. The Bertz CT molecular complexity index is 516. The van der Waals surface area contributed by atoms with E-state index in [1.165, 1.54) is 5.56 Å². The molecular weight excluding hydrogens is 290 g/mol. The molecule has 1 aromatic heterocycles. The van der Waals surface area contributed by atoms with E-state index in [0.717, 1.165) is 30.2 Å². The van der Waals surface area contributed by atoms with Crippen LogP contribution in [0.25, 0.3) is 0 Å². The lowest BCUT2D eigenvalue weighted by atomic mass is 10.0. The van der Waals surface area contributed by atoms with Crippen LogP contribution < -0.4 is 5.32 Å². The Kier molecular flexibility index (Phi) is 5.98. The van der Waals surface area contributed by atoms with Crippen LogP contribution in [-0.2, 0) is 6.54 Å². The second-order valence-corrected chi connectivity index (χ2v) is 5.99. The average Bonchev–Trinajstić information content (AvgIpc) is 2.94. The summed E-state index contributed by atoms with van der Waals surface area (Å²) in [5.74, 6) is 0. The third kappa shape index (κ3) is 4.28. The third-order valence-electron chi connectivity index (χ3n) is 3.34. The maximum absolute atomic E-state index is 6.27. The number of hydrogen-bond donors (Lipinski definition) is 1. The van der Waals surface area contributed by atoms with Crippen molar-refractivity contribution in [3.63, 3.8) is 0 Å². The molecule has 1 aromatic carbocycles. The van der Waals surface area contributed by atoms with Gasteiger partial charge in [0.2, 0.25) is 0 Å². The second kappa shape index (κ2) is 7.74. The molecule has 1 heterocycles. The standard InChI is InChI=1S/C15H20ClN3S/c1-17-15(13-5-3-4-6-14(13)16)7-8-19(2)9-12-10-20-11-18-12/h3-6,10-11,15,17H,7-9H2,1-2H3. The van der Waals surface area contributed by atoms with Crippen molar-refractivity contribution >= 4 is 22.9 Å². The van der Waals surface area contributed by atoms with Crippen molar-refractivity contribution in [2.24, 2.45) is 0 Å². The van der Waals surface area contributed by atoms with E-state index in [0.29, 0.717) is 0 Å². The predicted octanol–water partition coefficient (Wildman–Crippen LogP) is 3.58. The highest BCUT2D eigenvalue weighted by atomic mass is 35.5. The van der Waals surface area contributed by atoms with Crippen molar-refractivity contribution in [3.8, 4) is 0 Å².